The van der Waals surface area contributed by atoms with Crippen molar-refractivity contribution < 1.29 is 4.79 Å². The first-order valence-corrected chi connectivity index (χ1v) is 9.55. The summed E-state index contributed by atoms with van der Waals surface area (Å²) < 4.78 is 1.92. The number of nitrogens with zero attached hydrogens (tertiary/aromatic N) is 3. The zero-order chi connectivity index (χ0) is 18.7. The molecule has 26 heavy (non-hydrogen) atoms. The lowest BCUT2D eigenvalue weighted by molar-refractivity contribution is -0.113. The maximum Gasteiger partial charge on any atom is 0.234 e. The van der Waals surface area contributed by atoms with Gasteiger partial charge in [-0.1, -0.05) is 52.7 Å². The lowest BCUT2D eigenvalue weighted by atomic mass is 10.2. The molecule has 5 nitrogen and oxygen atoms in total. The molecule has 0 saturated carbocycles. The molecular weight excluding hydrogens is 391 g/mol. The average molecular weight is 407 g/mol. The van der Waals surface area contributed by atoms with E-state index in [1.807, 2.05) is 42.7 Å². The summed E-state index contributed by atoms with van der Waals surface area (Å²) in [4.78, 5) is 12.3. The third-order valence-electron chi connectivity index (χ3n) is 3.62. The molecule has 0 spiro atoms. The van der Waals surface area contributed by atoms with E-state index < -0.39 is 0 Å². The molecule has 0 aliphatic rings. The molecule has 8 heteroatoms. The predicted molar refractivity (Wildman–Crippen MR) is 107 cm³/mol. The van der Waals surface area contributed by atoms with Crippen LogP contribution in [-0.4, -0.2) is 26.4 Å². The Morgan fingerprint density at radius 3 is 2.58 bits per heavy atom. The smallest absolute Gasteiger partial charge is 0.234 e. The highest BCUT2D eigenvalue weighted by atomic mass is 35.5. The summed E-state index contributed by atoms with van der Waals surface area (Å²) in [5.41, 5.74) is 2.62. The number of carbonyl (C=O) groups excluding carboxylic acids is 1. The molecule has 1 N–H and O–H groups in total. The Hall–Kier alpha value is -2.02. The van der Waals surface area contributed by atoms with Gasteiger partial charge in [-0.3, -0.25) is 9.36 Å². The van der Waals surface area contributed by atoms with Gasteiger partial charge in [0.15, 0.2) is 5.16 Å². The monoisotopic (exact) mass is 406 g/mol. The number of thioether (sulfide) groups is 1. The van der Waals surface area contributed by atoms with E-state index in [-0.39, 0.29) is 11.7 Å². The number of hydrogen-bond acceptors (Lipinski definition) is 4. The maximum absolute atomic E-state index is 12.3. The number of amides is 1. The standard InChI is InChI=1S/C18H16Cl2N4OS/c1-11-3-6-14(7-4-11)24-12(2)22-23-18(24)26-10-17(25)21-16-9-13(19)5-8-15(16)20/h3-9H,10H2,1-2H3,(H,21,25). The molecule has 0 radical (unpaired) electrons. The normalized spacial score (nSPS) is 10.8. The molecule has 1 heterocycles. The number of carbonyl (C=O) groups is 1. The SMILES string of the molecule is Cc1ccc(-n2c(C)nnc2SCC(=O)Nc2cc(Cl)ccc2Cl)cc1. The van der Waals surface area contributed by atoms with Gasteiger partial charge < -0.3 is 5.32 Å². The average Bonchev–Trinajstić information content (AvgIpc) is 2.98. The maximum atomic E-state index is 12.3. The van der Waals surface area contributed by atoms with Crippen molar-refractivity contribution in [1.82, 2.24) is 14.8 Å². The van der Waals surface area contributed by atoms with Gasteiger partial charge in [-0.05, 0) is 44.2 Å². The van der Waals surface area contributed by atoms with E-state index in [4.69, 9.17) is 23.2 Å². The minimum absolute atomic E-state index is 0.173. The number of benzene rings is 2. The number of hydrogen-bond donors (Lipinski definition) is 1. The second-order valence-corrected chi connectivity index (χ2v) is 7.45. The number of nitrogens with one attached hydrogen (secondary N) is 1. The minimum atomic E-state index is -0.199. The first-order valence-electron chi connectivity index (χ1n) is 7.81. The number of anilines is 1. The lowest BCUT2D eigenvalue weighted by Crippen LogP contribution is -2.15. The molecule has 0 unspecified atom stereocenters. The molecular formula is C18H16Cl2N4OS. The fourth-order valence-electron chi connectivity index (χ4n) is 2.34. The van der Waals surface area contributed by atoms with Gasteiger partial charge >= 0.3 is 0 Å². The Bertz CT molecular complexity index is 941. The van der Waals surface area contributed by atoms with E-state index in [2.05, 4.69) is 15.5 Å². The van der Waals surface area contributed by atoms with Crippen LogP contribution >= 0.6 is 35.0 Å². The van der Waals surface area contributed by atoms with Crippen molar-refractivity contribution in [3.8, 4) is 5.69 Å². The van der Waals surface area contributed by atoms with Crippen molar-refractivity contribution in [3.05, 3.63) is 63.9 Å². The van der Waals surface area contributed by atoms with Gasteiger partial charge in [0.25, 0.3) is 0 Å². The quantitative estimate of drug-likeness (QED) is 0.610. The largest absolute Gasteiger partial charge is 0.324 e. The van der Waals surface area contributed by atoms with Crippen molar-refractivity contribution in [2.24, 2.45) is 0 Å². The van der Waals surface area contributed by atoms with Crippen LogP contribution in [0.15, 0.2) is 47.6 Å². The number of aromatic nitrogens is 3. The molecule has 3 rings (SSSR count). The van der Waals surface area contributed by atoms with Crippen LogP contribution in [0.3, 0.4) is 0 Å². The number of aryl methyl sites for hydroxylation is 2. The summed E-state index contributed by atoms with van der Waals surface area (Å²) in [6.45, 7) is 3.91. The Labute approximate surface area is 165 Å². The van der Waals surface area contributed by atoms with Gasteiger partial charge in [-0.2, -0.15) is 0 Å². The van der Waals surface area contributed by atoms with Crippen molar-refractivity contribution in [2.75, 3.05) is 11.1 Å². The number of rotatable bonds is 5. The van der Waals surface area contributed by atoms with Gasteiger partial charge in [0.05, 0.1) is 16.5 Å². The molecule has 0 aliphatic heterocycles. The molecule has 0 aliphatic carbocycles. The Balaban J connectivity index is 1.71. The lowest BCUT2D eigenvalue weighted by Gasteiger charge is -2.10. The van der Waals surface area contributed by atoms with Crippen LogP contribution in [-0.2, 0) is 4.79 Å². The fraction of sp³-hybridized carbons (Fsp3) is 0.167. The molecule has 3 aromatic rings. The van der Waals surface area contributed by atoms with Crippen LogP contribution in [0.25, 0.3) is 5.69 Å². The molecule has 1 aromatic heterocycles. The van der Waals surface area contributed by atoms with Crippen molar-refractivity contribution in [2.45, 2.75) is 19.0 Å². The third kappa shape index (κ3) is 4.38. The van der Waals surface area contributed by atoms with E-state index in [9.17, 15) is 4.79 Å². The third-order valence-corrected chi connectivity index (χ3v) is 5.12. The second-order valence-electron chi connectivity index (χ2n) is 5.66. The fourth-order valence-corrected chi connectivity index (χ4v) is 3.47. The molecule has 0 atom stereocenters. The van der Waals surface area contributed by atoms with Crippen molar-refractivity contribution in [3.63, 3.8) is 0 Å². The van der Waals surface area contributed by atoms with E-state index in [0.717, 1.165) is 11.5 Å². The summed E-state index contributed by atoms with van der Waals surface area (Å²) >= 11 is 13.3. The van der Waals surface area contributed by atoms with Crippen LogP contribution in [0.5, 0.6) is 0 Å². The van der Waals surface area contributed by atoms with Crippen LogP contribution in [0.1, 0.15) is 11.4 Å². The summed E-state index contributed by atoms with van der Waals surface area (Å²) in [5, 5.41) is 12.7. The van der Waals surface area contributed by atoms with Crippen molar-refractivity contribution >= 4 is 46.6 Å². The summed E-state index contributed by atoms with van der Waals surface area (Å²) in [7, 11) is 0. The Kier molecular flexibility index (Phi) is 5.86. The highest BCUT2D eigenvalue weighted by Crippen LogP contribution is 2.26. The second kappa shape index (κ2) is 8.12. The number of halogens is 2. The summed E-state index contributed by atoms with van der Waals surface area (Å²) in [6, 6.07) is 13.0. The molecule has 2 aromatic carbocycles. The van der Waals surface area contributed by atoms with E-state index in [1.54, 1.807) is 18.2 Å². The van der Waals surface area contributed by atoms with Gasteiger partial charge in [0, 0.05) is 10.7 Å². The van der Waals surface area contributed by atoms with Gasteiger partial charge in [-0.15, -0.1) is 10.2 Å². The zero-order valence-corrected chi connectivity index (χ0v) is 16.5. The van der Waals surface area contributed by atoms with Crippen LogP contribution in [0, 0.1) is 13.8 Å². The molecule has 0 bridgehead atoms. The Morgan fingerprint density at radius 2 is 1.85 bits per heavy atom. The summed E-state index contributed by atoms with van der Waals surface area (Å²) in [5.74, 6) is 0.734. The first kappa shape index (κ1) is 18.8. The van der Waals surface area contributed by atoms with E-state index in [0.29, 0.717) is 20.9 Å². The zero-order valence-electron chi connectivity index (χ0n) is 14.2. The van der Waals surface area contributed by atoms with Crippen LogP contribution in [0.4, 0.5) is 5.69 Å². The van der Waals surface area contributed by atoms with Gasteiger partial charge in [-0.25, -0.2) is 0 Å². The summed E-state index contributed by atoms with van der Waals surface area (Å²) in [6.07, 6.45) is 0. The highest BCUT2D eigenvalue weighted by Gasteiger charge is 2.14. The molecule has 134 valence electrons. The highest BCUT2D eigenvalue weighted by molar-refractivity contribution is 7.99. The molecule has 0 saturated heterocycles. The first-order chi connectivity index (χ1) is 12.4. The van der Waals surface area contributed by atoms with Gasteiger partial charge in [0.1, 0.15) is 5.82 Å². The molecule has 1 amide bonds. The van der Waals surface area contributed by atoms with E-state index >= 15 is 0 Å². The predicted octanol–water partition coefficient (Wildman–Crippen LogP) is 4.92. The van der Waals surface area contributed by atoms with Crippen molar-refractivity contribution in [1.29, 1.82) is 0 Å². The topological polar surface area (TPSA) is 59.8 Å². The van der Waals surface area contributed by atoms with E-state index in [1.165, 1.54) is 17.3 Å². The van der Waals surface area contributed by atoms with Gasteiger partial charge in [0.2, 0.25) is 5.91 Å². The Morgan fingerprint density at radius 1 is 1.12 bits per heavy atom. The van der Waals surface area contributed by atoms with Crippen LogP contribution < -0.4 is 5.32 Å². The molecule has 0 fully saturated rings. The minimum Gasteiger partial charge on any atom is -0.324 e. The van der Waals surface area contributed by atoms with Crippen LogP contribution in [0.2, 0.25) is 10.0 Å².